The van der Waals surface area contributed by atoms with Crippen LogP contribution in [-0.2, 0) is 0 Å². The van der Waals surface area contributed by atoms with Gasteiger partial charge in [-0.25, -0.2) is 0 Å². The molecule has 0 aliphatic heterocycles. The molecule has 1 aromatic rings. The second kappa shape index (κ2) is 3.86. The van der Waals surface area contributed by atoms with Crippen LogP contribution in [0.25, 0.3) is 0 Å². The molecule has 1 saturated carbocycles. The summed E-state index contributed by atoms with van der Waals surface area (Å²) in [5.41, 5.74) is 2.25. The van der Waals surface area contributed by atoms with Crippen molar-refractivity contribution in [2.75, 3.05) is 11.9 Å². The van der Waals surface area contributed by atoms with Crippen molar-refractivity contribution >= 4 is 21.6 Å². The third kappa shape index (κ3) is 2.51. The standard InChI is InChI=1S/C12H13BrN2/c1-12(4-5-12)8-15-11-3-2-9(7-14)6-10(11)13/h2-3,6,15H,4-5,8H2,1H3. The molecule has 3 heteroatoms. The highest BCUT2D eigenvalue weighted by Crippen LogP contribution is 2.45. The zero-order valence-corrected chi connectivity index (χ0v) is 10.3. The first-order valence-corrected chi connectivity index (χ1v) is 5.86. The second-order valence-corrected chi connectivity index (χ2v) is 5.32. The Bertz CT molecular complexity index is 416. The lowest BCUT2D eigenvalue weighted by atomic mass is 10.1. The van der Waals surface area contributed by atoms with Gasteiger partial charge in [0.15, 0.2) is 0 Å². The van der Waals surface area contributed by atoms with Gasteiger partial charge in [0.1, 0.15) is 0 Å². The minimum Gasteiger partial charge on any atom is -0.384 e. The van der Waals surface area contributed by atoms with E-state index in [1.165, 1.54) is 12.8 Å². The number of hydrogen-bond acceptors (Lipinski definition) is 2. The van der Waals surface area contributed by atoms with Crippen LogP contribution < -0.4 is 5.32 Å². The van der Waals surface area contributed by atoms with Crippen LogP contribution in [0.1, 0.15) is 25.3 Å². The van der Waals surface area contributed by atoms with Crippen molar-refractivity contribution in [2.45, 2.75) is 19.8 Å². The Morgan fingerprint density at radius 3 is 2.80 bits per heavy atom. The molecular weight excluding hydrogens is 252 g/mol. The van der Waals surface area contributed by atoms with Crippen LogP contribution in [0.2, 0.25) is 0 Å². The molecule has 1 aliphatic rings. The molecule has 78 valence electrons. The van der Waals surface area contributed by atoms with E-state index in [9.17, 15) is 0 Å². The molecule has 15 heavy (non-hydrogen) atoms. The van der Waals surface area contributed by atoms with Crippen molar-refractivity contribution in [3.8, 4) is 6.07 Å². The van der Waals surface area contributed by atoms with E-state index in [-0.39, 0.29) is 0 Å². The first-order valence-electron chi connectivity index (χ1n) is 5.06. The van der Waals surface area contributed by atoms with Gasteiger partial charge in [-0.3, -0.25) is 0 Å². The van der Waals surface area contributed by atoms with E-state index in [2.05, 4.69) is 34.2 Å². The van der Waals surface area contributed by atoms with Crippen molar-refractivity contribution in [3.63, 3.8) is 0 Å². The van der Waals surface area contributed by atoms with Gasteiger partial charge in [0.05, 0.1) is 11.6 Å². The van der Waals surface area contributed by atoms with Crippen LogP contribution in [0.5, 0.6) is 0 Å². The average molecular weight is 265 g/mol. The first-order chi connectivity index (χ1) is 7.13. The van der Waals surface area contributed by atoms with Crippen LogP contribution in [0.3, 0.4) is 0 Å². The Morgan fingerprint density at radius 1 is 1.53 bits per heavy atom. The predicted octanol–water partition coefficient (Wildman–Crippen LogP) is 3.53. The summed E-state index contributed by atoms with van der Waals surface area (Å²) in [6.07, 6.45) is 2.63. The van der Waals surface area contributed by atoms with Gasteiger partial charge >= 0.3 is 0 Å². The lowest BCUT2D eigenvalue weighted by molar-refractivity contribution is 0.610. The number of rotatable bonds is 3. The SMILES string of the molecule is CC1(CNc2ccc(C#N)cc2Br)CC1. The molecule has 0 bridgehead atoms. The maximum atomic E-state index is 8.73. The fourth-order valence-electron chi connectivity index (χ4n) is 1.43. The lowest BCUT2D eigenvalue weighted by Gasteiger charge is -2.12. The molecule has 0 amide bonds. The first kappa shape index (κ1) is 10.5. The largest absolute Gasteiger partial charge is 0.384 e. The van der Waals surface area contributed by atoms with Gasteiger partial charge in [0.2, 0.25) is 0 Å². The van der Waals surface area contributed by atoms with E-state index in [1.807, 2.05) is 18.2 Å². The zero-order valence-electron chi connectivity index (χ0n) is 8.68. The predicted molar refractivity (Wildman–Crippen MR) is 64.7 cm³/mol. The minimum absolute atomic E-state index is 0.493. The number of nitrogens with one attached hydrogen (secondary N) is 1. The molecule has 1 fully saturated rings. The molecule has 1 aliphatic carbocycles. The molecule has 0 radical (unpaired) electrons. The van der Waals surface area contributed by atoms with E-state index in [0.29, 0.717) is 11.0 Å². The highest BCUT2D eigenvalue weighted by atomic mass is 79.9. The van der Waals surface area contributed by atoms with E-state index < -0.39 is 0 Å². The molecule has 0 atom stereocenters. The summed E-state index contributed by atoms with van der Waals surface area (Å²) in [4.78, 5) is 0. The maximum absolute atomic E-state index is 8.73. The minimum atomic E-state index is 0.493. The van der Waals surface area contributed by atoms with E-state index in [1.54, 1.807) is 0 Å². The lowest BCUT2D eigenvalue weighted by Crippen LogP contribution is -2.11. The van der Waals surface area contributed by atoms with Gasteiger partial charge in [-0.05, 0) is 52.4 Å². The summed E-state index contributed by atoms with van der Waals surface area (Å²) >= 11 is 3.46. The highest BCUT2D eigenvalue weighted by Gasteiger charge is 2.36. The van der Waals surface area contributed by atoms with Gasteiger partial charge in [0.25, 0.3) is 0 Å². The number of anilines is 1. The summed E-state index contributed by atoms with van der Waals surface area (Å²) in [6.45, 7) is 3.30. The topological polar surface area (TPSA) is 35.8 Å². The highest BCUT2D eigenvalue weighted by molar-refractivity contribution is 9.10. The smallest absolute Gasteiger partial charge is 0.0992 e. The van der Waals surface area contributed by atoms with Gasteiger partial charge in [0, 0.05) is 16.7 Å². The van der Waals surface area contributed by atoms with Crippen molar-refractivity contribution in [2.24, 2.45) is 5.41 Å². The summed E-state index contributed by atoms with van der Waals surface area (Å²) in [5, 5.41) is 12.1. The third-order valence-electron chi connectivity index (χ3n) is 2.91. The molecule has 0 saturated heterocycles. The van der Waals surface area contributed by atoms with E-state index in [0.717, 1.165) is 16.7 Å². The molecule has 1 N–H and O–H groups in total. The number of nitriles is 1. The molecule has 2 rings (SSSR count). The summed E-state index contributed by atoms with van der Waals surface area (Å²) in [7, 11) is 0. The van der Waals surface area contributed by atoms with Crippen LogP contribution in [0.4, 0.5) is 5.69 Å². The Morgan fingerprint density at radius 2 is 2.27 bits per heavy atom. The molecule has 0 unspecified atom stereocenters. The Labute approximate surface area is 98.4 Å². The summed E-state index contributed by atoms with van der Waals surface area (Å²) < 4.78 is 0.964. The Balaban J connectivity index is 2.05. The van der Waals surface area contributed by atoms with E-state index >= 15 is 0 Å². The molecule has 0 spiro atoms. The quantitative estimate of drug-likeness (QED) is 0.907. The van der Waals surface area contributed by atoms with E-state index in [4.69, 9.17) is 5.26 Å². The molecule has 1 aromatic carbocycles. The summed E-state index contributed by atoms with van der Waals surface area (Å²) in [6, 6.07) is 7.76. The number of halogens is 1. The number of hydrogen-bond donors (Lipinski definition) is 1. The van der Waals surface area contributed by atoms with Crippen LogP contribution in [0, 0.1) is 16.7 Å². The van der Waals surface area contributed by atoms with Crippen LogP contribution >= 0.6 is 15.9 Å². The average Bonchev–Trinajstić information content (AvgIpc) is 2.95. The molecular formula is C12H13BrN2. The molecule has 2 nitrogen and oxygen atoms in total. The second-order valence-electron chi connectivity index (χ2n) is 4.47. The molecule has 0 aromatic heterocycles. The monoisotopic (exact) mass is 264 g/mol. The van der Waals surface area contributed by atoms with Crippen LogP contribution in [-0.4, -0.2) is 6.54 Å². The van der Waals surface area contributed by atoms with Gasteiger partial charge < -0.3 is 5.32 Å². The number of nitrogens with zero attached hydrogens (tertiary/aromatic N) is 1. The fraction of sp³-hybridized carbons (Fsp3) is 0.417. The van der Waals surface area contributed by atoms with Crippen molar-refractivity contribution in [1.82, 2.24) is 0 Å². The fourth-order valence-corrected chi connectivity index (χ4v) is 1.95. The van der Waals surface area contributed by atoms with Crippen LogP contribution in [0.15, 0.2) is 22.7 Å². The Hall–Kier alpha value is -1.01. The van der Waals surface area contributed by atoms with Crippen molar-refractivity contribution in [1.29, 1.82) is 5.26 Å². The Kier molecular flexibility index (Phi) is 2.70. The van der Waals surface area contributed by atoms with Gasteiger partial charge in [-0.1, -0.05) is 6.92 Å². The van der Waals surface area contributed by atoms with Gasteiger partial charge in [-0.2, -0.15) is 5.26 Å². The number of benzene rings is 1. The van der Waals surface area contributed by atoms with Gasteiger partial charge in [-0.15, -0.1) is 0 Å². The maximum Gasteiger partial charge on any atom is 0.0992 e. The molecule has 0 heterocycles. The van der Waals surface area contributed by atoms with Crippen molar-refractivity contribution in [3.05, 3.63) is 28.2 Å². The summed E-state index contributed by atoms with van der Waals surface area (Å²) in [5.74, 6) is 0. The zero-order chi connectivity index (χ0) is 10.9. The van der Waals surface area contributed by atoms with Crippen molar-refractivity contribution < 1.29 is 0 Å². The normalized spacial score (nSPS) is 16.9. The third-order valence-corrected chi connectivity index (χ3v) is 3.56.